The molecule has 0 N–H and O–H groups in total. The summed E-state index contributed by atoms with van der Waals surface area (Å²) in [6, 6.07) is 8.37. The van der Waals surface area contributed by atoms with E-state index in [0.29, 0.717) is 5.78 Å². The number of rotatable bonds is 3. The van der Waals surface area contributed by atoms with E-state index in [9.17, 15) is 4.79 Å². The van der Waals surface area contributed by atoms with Crippen LogP contribution >= 0.6 is 0 Å². The summed E-state index contributed by atoms with van der Waals surface area (Å²) in [5.41, 5.74) is 4.92. The number of benzene rings is 1. The standard InChI is InChI=1S/C15H18O/c1-3-6-13(14-9-10-15(14)16)12-8-5-4-7-11(12)2/h4-5,7-8H,3,6,9-10H2,1-2H3/b14-13+. The van der Waals surface area contributed by atoms with Crippen LogP contribution in [0, 0.1) is 6.92 Å². The molecule has 1 aliphatic carbocycles. The van der Waals surface area contributed by atoms with Gasteiger partial charge in [-0.25, -0.2) is 0 Å². The van der Waals surface area contributed by atoms with E-state index in [1.54, 1.807) is 0 Å². The fraction of sp³-hybridized carbons (Fsp3) is 0.400. The largest absolute Gasteiger partial charge is 0.295 e. The number of allylic oxidation sites excluding steroid dienone is 2. The number of carbonyl (C=O) groups is 1. The summed E-state index contributed by atoms with van der Waals surface area (Å²) < 4.78 is 0. The van der Waals surface area contributed by atoms with Crippen LogP contribution in [-0.2, 0) is 4.79 Å². The van der Waals surface area contributed by atoms with E-state index in [2.05, 4.69) is 38.1 Å². The molecule has 0 aromatic heterocycles. The quantitative estimate of drug-likeness (QED) is 0.697. The SMILES string of the molecule is CCC/C(=C1/CCC1=O)c1ccccc1C. The molecule has 0 amide bonds. The van der Waals surface area contributed by atoms with Crippen LogP contribution in [0.4, 0.5) is 0 Å². The number of hydrogen-bond acceptors (Lipinski definition) is 1. The van der Waals surface area contributed by atoms with Crippen molar-refractivity contribution < 1.29 is 4.79 Å². The van der Waals surface area contributed by atoms with Crippen LogP contribution in [-0.4, -0.2) is 5.78 Å². The molecule has 0 unspecified atom stereocenters. The molecular weight excluding hydrogens is 196 g/mol. The normalized spacial score (nSPS) is 18.2. The smallest absolute Gasteiger partial charge is 0.159 e. The first-order valence-corrected chi connectivity index (χ1v) is 6.05. The second kappa shape index (κ2) is 4.65. The highest BCUT2D eigenvalue weighted by atomic mass is 16.1. The van der Waals surface area contributed by atoms with E-state index >= 15 is 0 Å². The van der Waals surface area contributed by atoms with Crippen molar-refractivity contribution in [1.29, 1.82) is 0 Å². The molecular formula is C15H18O. The Morgan fingerprint density at radius 1 is 1.25 bits per heavy atom. The molecule has 0 saturated heterocycles. The number of carbonyl (C=O) groups excluding carboxylic acids is 1. The molecule has 2 rings (SSSR count). The minimum Gasteiger partial charge on any atom is -0.295 e. The maximum atomic E-state index is 11.6. The number of Topliss-reactive ketones (excluding diaryl/α,β-unsaturated/α-hetero) is 1. The van der Waals surface area contributed by atoms with Crippen LogP contribution in [0.3, 0.4) is 0 Å². The lowest BCUT2D eigenvalue weighted by Gasteiger charge is -2.22. The van der Waals surface area contributed by atoms with E-state index in [1.807, 2.05) is 0 Å². The average Bonchev–Trinajstić information content (AvgIpc) is 2.27. The number of hydrogen-bond donors (Lipinski definition) is 0. The monoisotopic (exact) mass is 214 g/mol. The highest BCUT2D eigenvalue weighted by molar-refractivity contribution is 6.08. The highest BCUT2D eigenvalue weighted by Crippen LogP contribution is 2.34. The van der Waals surface area contributed by atoms with E-state index in [0.717, 1.165) is 31.3 Å². The van der Waals surface area contributed by atoms with Gasteiger partial charge < -0.3 is 0 Å². The maximum absolute atomic E-state index is 11.6. The third-order valence-electron chi connectivity index (χ3n) is 3.27. The van der Waals surface area contributed by atoms with Crippen molar-refractivity contribution in [2.75, 3.05) is 0 Å². The maximum Gasteiger partial charge on any atom is 0.159 e. The zero-order valence-electron chi connectivity index (χ0n) is 10.0. The fourth-order valence-electron chi connectivity index (χ4n) is 2.28. The molecule has 0 bridgehead atoms. The molecule has 0 heterocycles. The van der Waals surface area contributed by atoms with Gasteiger partial charge in [-0.05, 0) is 42.0 Å². The van der Waals surface area contributed by atoms with Gasteiger partial charge in [-0.1, -0.05) is 37.6 Å². The topological polar surface area (TPSA) is 17.1 Å². The molecule has 0 aliphatic heterocycles. The van der Waals surface area contributed by atoms with Gasteiger partial charge in [0.25, 0.3) is 0 Å². The van der Waals surface area contributed by atoms with Crippen LogP contribution in [0.1, 0.15) is 43.7 Å². The van der Waals surface area contributed by atoms with Gasteiger partial charge in [0.15, 0.2) is 5.78 Å². The second-order valence-corrected chi connectivity index (χ2v) is 4.45. The Kier molecular flexibility index (Phi) is 3.23. The Morgan fingerprint density at radius 3 is 2.50 bits per heavy atom. The molecule has 84 valence electrons. The molecule has 1 saturated carbocycles. The van der Waals surface area contributed by atoms with Gasteiger partial charge in [-0.3, -0.25) is 4.79 Å². The summed E-state index contributed by atoms with van der Waals surface area (Å²) in [5, 5.41) is 0. The summed E-state index contributed by atoms with van der Waals surface area (Å²) >= 11 is 0. The van der Waals surface area contributed by atoms with Crippen molar-refractivity contribution in [3.8, 4) is 0 Å². The summed E-state index contributed by atoms with van der Waals surface area (Å²) in [4.78, 5) is 11.6. The predicted octanol–water partition coefficient (Wildman–Crippen LogP) is 3.91. The second-order valence-electron chi connectivity index (χ2n) is 4.45. The zero-order chi connectivity index (χ0) is 11.5. The van der Waals surface area contributed by atoms with Crippen molar-refractivity contribution in [1.82, 2.24) is 0 Å². The van der Waals surface area contributed by atoms with Crippen LogP contribution in [0.15, 0.2) is 29.8 Å². The van der Waals surface area contributed by atoms with Crippen LogP contribution in [0.25, 0.3) is 5.57 Å². The Labute approximate surface area is 97.2 Å². The summed E-state index contributed by atoms with van der Waals surface area (Å²) in [5.74, 6) is 0.353. The minimum atomic E-state index is 0.353. The van der Waals surface area contributed by atoms with Crippen molar-refractivity contribution in [3.63, 3.8) is 0 Å². The predicted molar refractivity (Wildman–Crippen MR) is 67.2 cm³/mol. The number of aryl methyl sites for hydroxylation is 1. The van der Waals surface area contributed by atoms with Crippen molar-refractivity contribution in [3.05, 3.63) is 41.0 Å². The number of ketones is 1. The van der Waals surface area contributed by atoms with E-state index in [-0.39, 0.29) is 0 Å². The molecule has 16 heavy (non-hydrogen) atoms. The first-order valence-electron chi connectivity index (χ1n) is 6.05. The lowest BCUT2D eigenvalue weighted by atomic mass is 9.81. The van der Waals surface area contributed by atoms with Crippen molar-refractivity contribution >= 4 is 11.4 Å². The first-order chi connectivity index (χ1) is 7.74. The average molecular weight is 214 g/mol. The molecule has 0 atom stereocenters. The van der Waals surface area contributed by atoms with Crippen LogP contribution in [0.5, 0.6) is 0 Å². The molecule has 1 aromatic rings. The third-order valence-corrected chi connectivity index (χ3v) is 3.27. The van der Waals surface area contributed by atoms with Gasteiger partial charge in [-0.2, -0.15) is 0 Å². The lowest BCUT2D eigenvalue weighted by Crippen LogP contribution is -2.16. The summed E-state index contributed by atoms with van der Waals surface area (Å²) in [6.45, 7) is 4.29. The van der Waals surface area contributed by atoms with Gasteiger partial charge >= 0.3 is 0 Å². The van der Waals surface area contributed by atoms with Gasteiger partial charge in [0.1, 0.15) is 0 Å². The summed E-state index contributed by atoms with van der Waals surface area (Å²) in [7, 11) is 0. The van der Waals surface area contributed by atoms with E-state index in [1.165, 1.54) is 16.7 Å². The van der Waals surface area contributed by atoms with Crippen LogP contribution in [0.2, 0.25) is 0 Å². The third kappa shape index (κ3) is 1.95. The molecule has 1 nitrogen and oxygen atoms in total. The Morgan fingerprint density at radius 2 is 2.00 bits per heavy atom. The molecule has 1 aromatic carbocycles. The zero-order valence-corrected chi connectivity index (χ0v) is 10.0. The van der Waals surface area contributed by atoms with Gasteiger partial charge in [0, 0.05) is 6.42 Å². The molecule has 1 aliphatic rings. The molecule has 0 spiro atoms. The minimum absolute atomic E-state index is 0.353. The van der Waals surface area contributed by atoms with E-state index in [4.69, 9.17) is 0 Å². The Balaban J connectivity index is 2.45. The van der Waals surface area contributed by atoms with E-state index < -0.39 is 0 Å². The highest BCUT2D eigenvalue weighted by Gasteiger charge is 2.24. The van der Waals surface area contributed by atoms with Crippen molar-refractivity contribution in [2.24, 2.45) is 0 Å². The molecule has 0 radical (unpaired) electrons. The van der Waals surface area contributed by atoms with Gasteiger partial charge in [0.05, 0.1) is 0 Å². The van der Waals surface area contributed by atoms with Crippen LogP contribution < -0.4 is 0 Å². The lowest BCUT2D eigenvalue weighted by molar-refractivity contribution is -0.118. The first kappa shape index (κ1) is 11.1. The van der Waals surface area contributed by atoms with Gasteiger partial charge in [-0.15, -0.1) is 0 Å². The summed E-state index contributed by atoms with van der Waals surface area (Å²) in [6.07, 6.45) is 3.84. The van der Waals surface area contributed by atoms with Gasteiger partial charge in [0.2, 0.25) is 0 Å². The Hall–Kier alpha value is -1.37. The molecule has 1 fully saturated rings. The van der Waals surface area contributed by atoms with Crippen molar-refractivity contribution in [2.45, 2.75) is 39.5 Å². The Bertz CT molecular complexity index is 441. The molecule has 1 heteroatoms. The fourth-order valence-corrected chi connectivity index (χ4v) is 2.28.